The standard InChI is InChI=1S/C12H9FN2O3/c13-10-8(3-1-4-9(10)11(16)17)7-15-6-2-5-14-12(15)18/h1-6H,7H2,(H,16,17). The molecule has 0 aliphatic rings. The molecule has 92 valence electrons. The Labute approximate surface area is 101 Å². The summed E-state index contributed by atoms with van der Waals surface area (Å²) in [5.74, 6) is -2.17. The van der Waals surface area contributed by atoms with E-state index in [4.69, 9.17) is 5.11 Å². The van der Waals surface area contributed by atoms with Crippen LogP contribution in [0.3, 0.4) is 0 Å². The van der Waals surface area contributed by atoms with Crippen molar-refractivity contribution in [2.45, 2.75) is 6.54 Å². The van der Waals surface area contributed by atoms with Crippen LogP contribution in [0.25, 0.3) is 0 Å². The highest BCUT2D eigenvalue weighted by Gasteiger charge is 2.14. The maximum atomic E-state index is 13.8. The highest BCUT2D eigenvalue weighted by atomic mass is 19.1. The SMILES string of the molecule is O=C(O)c1cccc(Cn2cccnc2=O)c1F. The van der Waals surface area contributed by atoms with E-state index in [1.165, 1.54) is 35.2 Å². The van der Waals surface area contributed by atoms with Crippen molar-refractivity contribution in [3.8, 4) is 0 Å². The fourth-order valence-electron chi connectivity index (χ4n) is 1.56. The minimum absolute atomic E-state index is 0.0559. The number of rotatable bonds is 3. The fraction of sp³-hybridized carbons (Fsp3) is 0.0833. The van der Waals surface area contributed by atoms with Crippen molar-refractivity contribution >= 4 is 5.97 Å². The molecule has 5 nitrogen and oxygen atoms in total. The molecular formula is C12H9FN2O3. The summed E-state index contributed by atoms with van der Waals surface area (Å²) in [6, 6.07) is 5.58. The monoisotopic (exact) mass is 248 g/mol. The Morgan fingerprint density at radius 1 is 1.39 bits per heavy atom. The lowest BCUT2D eigenvalue weighted by Crippen LogP contribution is -2.22. The number of aromatic carboxylic acids is 1. The zero-order chi connectivity index (χ0) is 13.1. The van der Waals surface area contributed by atoms with Gasteiger partial charge < -0.3 is 5.11 Å². The molecule has 0 fully saturated rings. The van der Waals surface area contributed by atoms with E-state index in [9.17, 15) is 14.0 Å². The largest absolute Gasteiger partial charge is 0.478 e. The van der Waals surface area contributed by atoms with Crippen molar-refractivity contribution in [2.24, 2.45) is 0 Å². The van der Waals surface area contributed by atoms with Crippen LogP contribution in [0, 0.1) is 5.82 Å². The fourth-order valence-corrected chi connectivity index (χ4v) is 1.56. The molecule has 0 unspecified atom stereocenters. The van der Waals surface area contributed by atoms with Gasteiger partial charge in [-0.25, -0.2) is 19.0 Å². The molecule has 18 heavy (non-hydrogen) atoms. The lowest BCUT2D eigenvalue weighted by atomic mass is 10.1. The molecule has 0 amide bonds. The van der Waals surface area contributed by atoms with Crippen molar-refractivity contribution < 1.29 is 14.3 Å². The second-order valence-corrected chi connectivity index (χ2v) is 3.61. The molecule has 0 radical (unpaired) electrons. The lowest BCUT2D eigenvalue weighted by molar-refractivity contribution is 0.0691. The van der Waals surface area contributed by atoms with Crippen LogP contribution in [0.2, 0.25) is 0 Å². The molecule has 0 bridgehead atoms. The van der Waals surface area contributed by atoms with Crippen LogP contribution in [0.5, 0.6) is 0 Å². The number of carbonyl (C=O) groups is 1. The van der Waals surface area contributed by atoms with Gasteiger partial charge in [-0.3, -0.25) is 4.57 Å². The van der Waals surface area contributed by atoms with Crippen LogP contribution >= 0.6 is 0 Å². The van der Waals surface area contributed by atoms with Gasteiger partial charge in [0.25, 0.3) is 0 Å². The van der Waals surface area contributed by atoms with Crippen molar-refractivity contribution in [3.05, 3.63) is 64.1 Å². The molecule has 6 heteroatoms. The van der Waals surface area contributed by atoms with Crippen LogP contribution in [0.4, 0.5) is 4.39 Å². The molecule has 0 saturated heterocycles. The van der Waals surface area contributed by atoms with Gasteiger partial charge in [-0.15, -0.1) is 0 Å². The Balaban J connectivity index is 2.42. The Kier molecular flexibility index (Phi) is 3.18. The summed E-state index contributed by atoms with van der Waals surface area (Å²) in [5, 5.41) is 8.79. The number of aromatic nitrogens is 2. The lowest BCUT2D eigenvalue weighted by Gasteiger charge is -2.07. The third-order valence-electron chi connectivity index (χ3n) is 2.43. The number of nitrogens with zero attached hydrogens (tertiary/aromatic N) is 2. The first-order valence-electron chi connectivity index (χ1n) is 5.11. The van der Waals surface area contributed by atoms with Gasteiger partial charge in [-0.2, -0.15) is 0 Å². The third-order valence-corrected chi connectivity index (χ3v) is 2.43. The number of hydrogen-bond donors (Lipinski definition) is 1. The van der Waals surface area contributed by atoms with Gasteiger partial charge in [0, 0.05) is 18.0 Å². The number of carboxylic acid groups (broad SMARTS) is 1. The number of carboxylic acids is 1. The quantitative estimate of drug-likeness (QED) is 0.883. The number of benzene rings is 1. The van der Waals surface area contributed by atoms with Crippen molar-refractivity contribution in [3.63, 3.8) is 0 Å². The van der Waals surface area contributed by atoms with E-state index in [0.717, 1.165) is 0 Å². The summed E-state index contributed by atoms with van der Waals surface area (Å²) < 4.78 is 15.0. The maximum absolute atomic E-state index is 13.8. The molecule has 1 N–H and O–H groups in total. The first-order chi connectivity index (χ1) is 8.59. The summed E-state index contributed by atoms with van der Waals surface area (Å²) in [6.07, 6.45) is 2.80. The summed E-state index contributed by atoms with van der Waals surface area (Å²) >= 11 is 0. The van der Waals surface area contributed by atoms with Gasteiger partial charge in [0.2, 0.25) is 0 Å². The van der Waals surface area contributed by atoms with E-state index < -0.39 is 23.0 Å². The van der Waals surface area contributed by atoms with Crippen molar-refractivity contribution in [2.75, 3.05) is 0 Å². The van der Waals surface area contributed by atoms with Crippen LogP contribution < -0.4 is 5.69 Å². The van der Waals surface area contributed by atoms with Crippen LogP contribution in [-0.2, 0) is 6.54 Å². The minimum atomic E-state index is -1.34. The van der Waals surface area contributed by atoms with E-state index in [0.29, 0.717) is 0 Å². The van der Waals surface area contributed by atoms with E-state index in [1.54, 1.807) is 6.07 Å². The summed E-state index contributed by atoms with van der Waals surface area (Å²) in [7, 11) is 0. The van der Waals surface area contributed by atoms with Crippen LogP contribution in [0.15, 0.2) is 41.5 Å². The first-order valence-corrected chi connectivity index (χ1v) is 5.11. The highest BCUT2D eigenvalue weighted by Crippen LogP contribution is 2.13. The number of halogens is 1. The van der Waals surface area contributed by atoms with E-state index >= 15 is 0 Å². The molecule has 1 aromatic heterocycles. The second-order valence-electron chi connectivity index (χ2n) is 3.61. The van der Waals surface area contributed by atoms with Crippen molar-refractivity contribution in [1.29, 1.82) is 0 Å². The highest BCUT2D eigenvalue weighted by molar-refractivity contribution is 5.88. The molecule has 1 heterocycles. The van der Waals surface area contributed by atoms with E-state index in [1.807, 2.05) is 0 Å². The average molecular weight is 248 g/mol. The van der Waals surface area contributed by atoms with Gasteiger partial charge in [-0.05, 0) is 12.1 Å². The third kappa shape index (κ3) is 2.27. The number of hydrogen-bond acceptors (Lipinski definition) is 3. The Morgan fingerprint density at radius 2 is 2.17 bits per heavy atom. The minimum Gasteiger partial charge on any atom is -0.478 e. The van der Waals surface area contributed by atoms with Gasteiger partial charge >= 0.3 is 11.7 Å². The van der Waals surface area contributed by atoms with Crippen LogP contribution in [-0.4, -0.2) is 20.6 Å². The van der Waals surface area contributed by atoms with Gasteiger partial charge in [-0.1, -0.05) is 12.1 Å². The van der Waals surface area contributed by atoms with Crippen LogP contribution in [0.1, 0.15) is 15.9 Å². The molecule has 0 saturated carbocycles. The average Bonchev–Trinajstić information content (AvgIpc) is 2.34. The molecule has 2 rings (SSSR count). The Hall–Kier alpha value is -2.50. The first kappa shape index (κ1) is 12.0. The predicted octanol–water partition coefficient (Wildman–Crippen LogP) is 1.13. The summed E-state index contributed by atoms with van der Waals surface area (Å²) in [5.41, 5.74) is -0.799. The van der Waals surface area contributed by atoms with Gasteiger partial charge in [0.05, 0.1) is 12.1 Å². The molecule has 1 aromatic carbocycles. The Morgan fingerprint density at radius 3 is 2.83 bits per heavy atom. The maximum Gasteiger partial charge on any atom is 0.347 e. The van der Waals surface area contributed by atoms with Crippen molar-refractivity contribution in [1.82, 2.24) is 9.55 Å². The molecule has 0 aliphatic carbocycles. The zero-order valence-corrected chi connectivity index (χ0v) is 9.21. The summed E-state index contributed by atoms with van der Waals surface area (Å²) in [6.45, 7) is -0.0559. The molecule has 2 aromatic rings. The van der Waals surface area contributed by atoms with Gasteiger partial charge in [0.15, 0.2) is 0 Å². The topological polar surface area (TPSA) is 72.2 Å². The molecular weight excluding hydrogens is 239 g/mol. The predicted molar refractivity (Wildman–Crippen MR) is 61.0 cm³/mol. The Bertz CT molecular complexity index is 652. The van der Waals surface area contributed by atoms with E-state index in [2.05, 4.69) is 4.98 Å². The molecule has 0 aliphatic heterocycles. The van der Waals surface area contributed by atoms with Gasteiger partial charge in [0.1, 0.15) is 5.82 Å². The second kappa shape index (κ2) is 4.79. The normalized spacial score (nSPS) is 10.3. The molecule has 0 spiro atoms. The summed E-state index contributed by atoms with van der Waals surface area (Å²) in [4.78, 5) is 25.7. The molecule has 0 atom stereocenters. The smallest absolute Gasteiger partial charge is 0.347 e. The van der Waals surface area contributed by atoms with E-state index in [-0.39, 0.29) is 12.1 Å². The zero-order valence-electron chi connectivity index (χ0n) is 9.21.